The maximum atomic E-state index is 17.2. The molecule has 0 bridgehead atoms. The van der Waals surface area contributed by atoms with Crippen LogP contribution in [0.5, 0.6) is 5.75 Å². The lowest BCUT2D eigenvalue weighted by Gasteiger charge is -2.50. The summed E-state index contributed by atoms with van der Waals surface area (Å²) in [6.07, 6.45) is -15.9. The Kier molecular flexibility index (Phi) is 22.9. The summed E-state index contributed by atoms with van der Waals surface area (Å²) in [5.41, 5.74) is 6.59. The Morgan fingerprint density at radius 1 is 0.236 bits per heavy atom. The smallest absolute Gasteiger partial charge is 0.404 e. The molecular formula is C74H75O14P. The number of phosphoric ester groups is 1. The van der Waals surface area contributed by atoms with Crippen molar-refractivity contribution in [2.75, 3.05) is 0 Å². The molecule has 2 fully saturated rings. The molecule has 0 spiro atoms. The molecule has 5 unspecified atom stereocenters. The number of para-hydroxylation sites is 1. The first-order valence-electron chi connectivity index (χ1n) is 30.1. The maximum Gasteiger partial charge on any atom is 0.530 e. The highest BCUT2D eigenvalue weighted by Crippen LogP contribution is 2.56. The summed E-state index contributed by atoms with van der Waals surface area (Å²) in [5.74, 6) is 0.109. The van der Waals surface area contributed by atoms with E-state index in [1.54, 1.807) is 30.3 Å². The molecule has 13 atom stereocenters. The molecule has 14 nitrogen and oxygen atoms in total. The summed E-state index contributed by atoms with van der Waals surface area (Å²) in [7, 11) is -5.27. The van der Waals surface area contributed by atoms with Crippen LogP contribution >= 0.6 is 7.82 Å². The molecule has 2 saturated carbocycles. The second-order valence-corrected chi connectivity index (χ2v) is 23.6. The number of rotatable bonds is 30. The standard InChI is InChI=1S/C74H75O14P/c75-63-65(78-46-54-28-10-1-11-29-54)64(76)67(80-48-56-32-14-3-15-33-56)73(66(63)79-47-55-30-12-2-13-31-55)87-89(77,86-62-44-26-9-27-45-62)88-74-71(84-52-60-40-22-7-23-41-60)69(82-50-58-36-18-5-19-37-58)68(81-49-57-34-16-4-17-35-57)70(83-51-59-38-20-6-21-39-59)72(74)85-53-61-42-24-8-25-43-61/h1-45,63-76H,46-53H2/t63-,64+,65?,66-,67-,68?,69-,70+,71-,72-,73?,74?,89?/m0/s1. The van der Waals surface area contributed by atoms with Crippen molar-refractivity contribution in [3.63, 3.8) is 0 Å². The van der Waals surface area contributed by atoms with E-state index in [9.17, 15) is 10.2 Å². The van der Waals surface area contributed by atoms with Gasteiger partial charge in [0, 0.05) is 0 Å². The van der Waals surface area contributed by atoms with E-state index in [1.807, 2.05) is 243 Å². The Labute approximate surface area is 521 Å². The Morgan fingerprint density at radius 3 is 0.652 bits per heavy atom. The number of ether oxygens (including phenoxy) is 8. The molecule has 0 aromatic heterocycles. The predicted molar refractivity (Wildman–Crippen MR) is 337 cm³/mol. The average molecular weight is 1220 g/mol. The quantitative estimate of drug-likeness (QED) is 0.0410. The fourth-order valence-electron chi connectivity index (χ4n) is 11.2. The predicted octanol–water partition coefficient (Wildman–Crippen LogP) is 13.4. The first-order chi connectivity index (χ1) is 43.8. The van der Waals surface area contributed by atoms with Gasteiger partial charge in [0.15, 0.2) is 0 Å². The maximum absolute atomic E-state index is 17.2. The lowest BCUT2D eigenvalue weighted by Crippen LogP contribution is -2.67. The molecule has 0 amide bonds. The van der Waals surface area contributed by atoms with Crippen molar-refractivity contribution >= 4 is 7.82 Å². The van der Waals surface area contributed by atoms with E-state index < -0.39 is 81.1 Å². The molecular weight excluding hydrogens is 1140 g/mol. The van der Waals surface area contributed by atoms with Gasteiger partial charge in [0.1, 0.15) is 79.0 Å². The van der Waals surface area contributed by atoms with Crippen LogP contribution in [0.1, 0.15) is 44.5 Å². The molecule has 15 heteroatoms. The van der Waals surface area contributed by atoms with Crippen LogP contribution in [-0.2, 0) is 104 Å². The largest absolute Gasteiger partial charge is 0.530 e. The third-order valence-electron chi connectivity index (χ3n) is 15.7. The van der Waals surface area contributed by atoms with Crippen molar-refractivity contribution in [2.24, 2.45) is 0 Å². The lowest BCUT2D eigenvalue weighted by molar-refractivity contribution is -0.283. The van der Waals surface area contributed by atoms with Crippen molar-refractivity contribution in [2.45, 2.75) is 126 Å². The van der Waals surface area contributed by atoms with Crippen molar-refractivity contribution in [3.8, 4) is 5.75 Å². The summed E-state index contributed by atoms with van der Waals surface area (Å²) < 4.78 is 94.4. The number of hydrogen-bond donors (Lipinski definition) is 2. The van der Waals surface area contributed by atoms with Crippen LogP contribution in [0.2, 0.25) is 0 Å². The van der Waals surface area contributed by atoms with Gasteiger partial charge in [-0.05, 0) is 56.6 Å². The fourth-order valence-corrected chi connectivity index (χ4v) is 12.7. The van der Waals surface area contributed by atoms with Crippen LogP contribution < -0.4 is 4.52 Å². The van der Waals surface area contributed by atoms with Gasteiger partial charge in [-0.15, -0.1) is 0 Å². The molecule has 2 N–H and O–H groups in total. The first-order valence-corrected chi connectivity index (χ1v) is 31.6. The van der Waals surface area contributed by atoms with Gasteiger partial charge in [0.2, 0.25) is 0 Å². The van der Waals surface area contributed by atoms with Crippen LogP contribution in [0.15, 0.2) is 273 Å². The number of aliphatic hydroxyl groups is 2. The van der Waals surface area contributed by atoms with Crippen molar-refractivity contribution in [3.05, 3.63) is 317 Å². The highest BCUT2D eigenvalue weighted by atomic mass is 31.2. The zero-order valence-corrected chi connectivity index (χ0v) is 50.2. The van der Waals surface area contributed by atoms with Gasteiger partial charge in [-0.1, -0.05) is 261 Å². The summed E-state index contributed by atoms with van der Waals surface area (Å²) in [4.78, 5) is 0. The van der Waals surface area contributed by atoms with Crippen LogP contribution in [0.3, 0.4) is 0 Å². The van der Waals surface area contributed by atoms with Crippen LogP contribution in [0.25, 0.3) is 0 Å². The lowest BCUT2D eigenvalue weighted by atomic mass is 9.83. The van der Waals surface area contributed by atoms with E-state index in [0.717, 1.165) is 44.5 Å². The van der Waals surface area contributed by atoms with Crippen molar-refractivity contribution in [1.29, 1.82) is 0 Å². The second kappa shape index (κ2) is 32.3. The normalized spacial score (nSPS) is 24.1. The molecule has 9 aromatic rings. The number of phosphoric acid groups is 1. The zero-order chi connectivity index (χ0) is 60.9. The van der Waals surface area contributed by atoms with Gasteiger partial charge in [-0.2, -0.15) is 0 Å². The third-order valence-corrected chi connectivity index (χ3v) is 17.1. The molecule has 2 aliphatic carbocycles. The van der Waals surface area contributed by atoms with Gasteiger partial charge in [-0.3, -0.25) is 9.05 Å². The molecule has 460 valence electrons. The zero-order valence-electron chi connectivity index (χ0n) is 49.3. The highest BCUT2D eigenvalue weighted by Gasteiger charge is 2.60. The SMILES string of the molecule is O=P(Oc1ccccc1)(OC1[C@@H](OCc2ccccc2)[C@H](O)C(OCc2ccccc2)[C@H](O)[C@@H]1OCc1ccccc1)OC1[C@@H](OCc2ccccc2)[C@H](OCc2ccccc2)C(OCc2ccccc2)[C@H](OCc2ccccc2)[C@@H]1OCc1ccccc1. The van der Waals surface area contributed by atoms with Gasteiger partial charge in [-0.25, -0.2) is 4.57 Å². The van der Waals surface area contributed by atoms with Crippen LogP contribution in [0, 0.1) is 0 Å². The summed E-state index contributed by atoms with van der Waals surface area (Å²) in [6, 6.07) is 85.5. The fraction of sp³-hybridized carbons (Fsp3) is 0.270. The van der Waals surface area contributed by atoms with E-state index >= 15 is 4.57 Å². The van der Waals surface area contributed by atoms with E-state index in [0.29, 0.717) is 0 Å². The van der Waals surface area contributed by atoms with E-state index in [2.05, 4.69) is 0 Å². The monoisotopic (exact) mass is 1220 g/mol. The molecule has 9 aromatic carbocycles. The number of benzene rings is 9. The minimum Gasteiger partial charge on any atom is -0.404 e. The van der Waals surface area contributed by atoms with Crippen LogP contribution in [0.4, 0.5) is 0 Å². The molecule has 11 rings (SSSR count). The Bertz CT molecular complexity index is 3320. The van der Waals surface area contributed by atoms with Gasteiger partial charge in [0.05, 0.1) is 52.9 Å². The minimum absolute atomic E-state index is 0.0220. The Balaban J connectivity index is 1.06. The van der Waals surface area contributed by atoms with Gasteiger partial charge >= 0.3 is 7.82 Å². The highest BCUT2D eigenvalue weighted by molar-refractivity contribution is 7.49. The van der Waals surface area contributed by atoms with Crippen molar-refractivity contribution < 1.29 is 66.2 Å². The summed E-state index contributed by atoms with van der Waals surface area (Å²) in [6.45, 7) is 0.326. The molecule has 2 aliphatic rings. The Morgan fingerprint density at radius 2 is 0.416 bits per heavy atom. The molecule has 0 radical (unpaired) electrons. The summed E-state index contributed by atoms with van der Waals surface area (Å²) >= 11 is 0. The molecule has 0 heterocycles. The molecule has 89 heavy (non-hydrogen) atoms. The minimum atomic E-state index is -5.27. The van der Waals surface area contributed by atoms with E-state index in [-0.39, 0.29) is 58.6 Å². The van der Waals surface area contributed by atoms with E-state index in [4.69, 9.17) is 51.5 Å². The van der Waals surface area contributed by atoms with E-state index in [1.165, 1.54) is 0 Å². The van der Waals surface area contributed by atoms with Gasteiger partial charge < -0.3 is 52.6 Å². The molecule has 0 aliphatic heterocycles. The summed E-state index contributed by atoms with van der Waals surface area (Å²) in [5, 5.41) is 25.6. The topological polar surface area (TPSA) is 159 Å². The Hall–Kier alpha value is -7.47. The number of hydrogen-bond acceptors (Lipinski definition) is 14. The van der Waals surface area contributed by atoms with Gasteiger partial charge in [0.25, 0.3) is 0 Å². The first kappa shape index (κ1) is 63.1. The third kappa shape index (κ3) is 17.7. The molecule has 0 saturated heterocycles. The number of aliphatic hydroxyl groups excluding tert-OH is 2. The van der Waals surface area contributed by atoms with Crippen molar-refractivity contribution in [1.82, 2.24) is 0 Å². The average Bonchev–Trinajstić information content (AvgIpc) is 0.926. The van der Waals surface area contributed by atoms with Crippen LogP contribution in [-0.4, -0.2) is 83.5 Å². The second-order valence-electron chi connectivity index (χ2n) is 22.1.